The van der Waals surface area contributed by atoms with Gasteiger partial charge in [0.15, 0.2) is 0 Å². The predicted molar refractivity (Wildman–Crippen MR) is 66.1 cm³/mol. The molecule has 0 saturated heterocycles. The van der Waals surface area contributed by atoms with Crippen molar-refractivity contribution in [1.29, 1.82) is 0 Å². The van der Waals surface area contributed by atoms with Crippen molar-refractivity contribution in [3.05, 3.63) is 0 Å². The third-order valence-corrected chi connectivity index (χ3v) is 3.83. The first kappa shape index (κ1) is 14.3. The van der Waals surface area contributed by atoms with Gasteiger partial charge in [-0.1, -0.05) is 6.42 Å². The molecule has 2 unspecified atom stereocenters. The van der Waals surface area contributed by atoms with Crippen LogP contribution >= 0.6 is 11.8 Å². The van der Waals surface area contributed by atoms with Crippen LogP contribution in [0.15, 0.2) is 0 Å². The molecular weight excluding hydrogens is 242 g/mol. The van der Waals surface area contributed by atoms with Crippen molar-refractivity contribution >= 4 is 23.6 Å². The summed E-state index contributed by atoms with van der Waals surface area (Å²) in [5, 5.41) is 11.3. The minimum absolute atomic E-state index is 0.0302. The zero-order valence-corrected chi connectivity index (χ0v) is 10.8. The summed E-state index contributed by atoms with van der Waals surface area (Å²) in [5.74, 6) is -0.418. The Labute approximate surface area is 105 Å². The van der Waals surface area contributed by atoms with E-state index in [1.165, 1.54) is 0 Å². The molecule has 98 valence electrons. The summed E-state index contributed by atoms with van der Waals surface area (Å²) >= 11 is 1.12. The van der Waals surface area contributed by atoms with E-state index in [0.717, 1.165) is 31.0 Å². The zero-order chi connectivity index (χ0) is 12.7. The van der Waals surface area contributed by atoms with Gasteiger partial charge in [-0.15, -0.1) is 11.8 Å². The summed E-state index contributed by atoms with van der Waals surface area (Å²) in [6.45, 7) is 0.630. The monoisotopic (exact) mass is 261 g/mol. The largest absolute Gasteiger partial charge is 0.481 e. The van der Waals surface area contributed by atoms with Crippen molar-refractivity contribution in [2.75, 3.05) is 25.2 Å². The van der Waals surface area contributed by atoms with E-state index in [2.05, 4.69) is 5.32 Å². The third-order valence-electron chi connectivity index (χ3n) is 2.91. The van der Waals surface area contributed by atoms with Crippen LogP contribution < -0.4 is 5.32 Å². The summed E-state index contributed by atoms with van der Waals surface area (Å²) in [7, 11) is 1.70. The molecule has 0 aliphatic heterocycles. The van der Waals surface area contributed by atoms with E-state index >= 15 is 0 Å². The van der Waals surface area contributed by atoms with E-state index in [-0.39, 0.29) is 23.5 Å². The van der Waals surface area contributed by atoms with Crippen LogP contribution in [0.1, 0.15) is 19.3 Å². The molecule has 1 aliphatic carbocycles. The van der Waals surface area contributed by atoms with Gasteiger partial charge in [-0.2, -0.15) is 0 Å². The first-order valence-corrected chi connectivity index (χ1v) is 6.88. The molecule has 0 bridgehead atoms. The summed E-state index contributed by atoms with van der Waals surface area (Å²) < 4.78 is 5.33. The number of aliphatic carboxylic acids is 1. The number of carboxylic acid groups (broad SMARTS) is 1. The van der Waals surface area contributed by atoms with Crippen molar-refractivity contribution in [3.63, 3.8) is 0 Å². The van der Waals surface area contributed by atoms with Gasteiger partial charge in [0.1, 0.15) is 0 Å². The van der Waals surface area contributed by atoms with Gasteiger partial charge in [-0.25, -0.2) is 0 Å². The van der Waals surface area contributed by atoms with Crippen LogP contribution in [-0.2, 0) is 14.3 Å². The maximum atomic E-state index is 11.4. The highest BCUT2D eigenvalue weighted by Gasteiger charge is 2.27. The van der Waals surface area contributed by atoms with Gasteiger partial charge < -0.3 is 15.2 Å². The Morgan fingerprint density at radius 3 is 2.82 bits per heavy atom. The normalized spacial score (nSPS) is 23.6. The molecule has 2 N–H and O–H groups in total. The van der Waals surface area contributed by atoms with Gasteiger partial charge in [0.2, 0.25) is 5.91 Å². The molecule has 17 heavy (non-hydrogen) atoms. The molecule has 0 aromatic rings. The molecule has 1 fully saturated rings. The first-order valence-electron chi connectivity index (χ1n) is 5.72. The standard InChI is InChI=1S/C11H19NO4S/c1-16-9-4-2-3-8(9)5-12-10(13)6-17-7-11(14)15/h8-9H,2-7H2,1H3,(H,12,13)(H,14,15). The molecule has 6 heteroatoms. The predicted octanol–water partition coefficient (Wildman–Crippen LogP) is 0.735. The lowest BCUT2D eigenvalue weighted by atomic mass is 10.1. The van der Waals surface area contributed by atoms with Crippen LogP contribution in [0.5, 0.6) is 0 Å². The van der Waals surface area contributed by atoms with Crippen LogP contribution in [0.3, 0.4) is 0 Å². The fourth-order valence-electron chi connectivity index (χ4n) is 2.07. The molecule has 0 aromatic carbocycles. The van der Waals surface area contributed by atoms with Crippen molar-refractivity contribution in [3.8, 4) is 0 Å². The molecule has 1 amide bonds. The number of nitrogens with one attached hydrogen (secondary N) is 1. The van der Waals surface area contributed by atoms with E-state index in [1.807, 2.05) is 0 Å². The van der Waals surface area contributed by atoms with Gasteiger partial charge in [-0.3, -0.25) is 9.59 Å². The van der Waals surface area contributed by atoms with Crippen molar-refractivity contribution in [2.45, 2.75) is 25.4 Å². The Hall–Kier alpha value is -0.750. The first-order chi connectivity index (χ1) is 8.13. The number of ether oxygens (including phenoxy) is 1. The fourth-order valence-corrected chi connectivity index (χ4v) is 2.64. The maximum Gasteiger partial charge on any atom is 0.313 e. The summed E-state index contributed by atoms with van der Waals surface area (Å²) in [6.07, 6.45) is 3.54. The second-order valence-electron chi connectivity index (χ2n) is 4.16. The number of thioether (sulfide) groups is 1. The van der Waals surface area contributed by atoms with Gasteiger partial charge in [-0.05, 0) is 12.8 Å². The van der Waals surface area contributed by atoms with E-state index in [9.17, 15) is 9.59 Å². The lowest BCUT2D eigenvalue weighted by Crippen LogP contribution is -2.34. The minimum Gasteiger partial charge on any atom is -0.481 e. The Balaban J connectivity index is 2.12. The average molecular weight is 261 g/mol. The van der Waals surface area contributed by atoms with Gasteiger partial charge >= 0.3 is 5.97 Å². The van der Waals surface area contributed by atoms with E-state index in [4.69, 9.17) is 9.84 Å². The molecule has 1 saturated carbocycles. The van der Waals surface area contributed by atoms with Crippen LogP contribution in [0.4, 0.5) is 0 Å². The fraction of sp³-hybridized carbons (Fsp3) is 0.818. The smallest absolute Gasteiger partial charge is 0.313 e. The number of carbonyl (C=O) groups is 2. The Kier molecular flexibility index (Phi) is 6.36. The van der Waals surface area contributed by atoms with E-state index in [1.54, 1.807) is 7.11 Å². The summed E-state index contributed by atoms with van der Waals surface area (Å²) in [5.41, 5.74) is 0. The third kappa shape index (κ3) is 5.41. The van der Waals surface area contributed by atoms with Crippen LogP contribution in [0.2, 0.25) is 0 Å². The maximum absolute atomic E-state index is 11.4. The Bertz CT molecular complexity index is 272. The lowest BCUT2D eigenvalue weighted by molar-refractivity contribution is -0.133. The number of carbonyl (C=O) groups excluding carboxylic acids is 1. The number of amides is 1. The van der Waals surface area contributed by atoms with Crippen LogP contribution in [0, 0.1) is 5.92 Å². The Morgan fingerprint density at radius 1 is 1.41 bits per heavy atom. The lowest BCUT2D eigenvalue weighted by Gasteiger charge is -2.18. The van der Waals surface area contributed by atoms with E-state index in [0.29, 0.717) is 12.5 Å². The van der Waals surface area contributed by atoms with Gasteiger partial charge in [0.05, 0.1) is 17.6 Å². The number of carboxylic acids is 1. The van der Waals surface area contributed by atoms with Crippen molar-refractivity contribution < 1.29 is 19.4 Å². The van der Waals surface area contributed by atoms with Crippen LogP contribution in [0.25, 0.3) is 0 Å². The van der Waals surface area contributed by atoms with Gasteiger partial charge in [0.25, 0.3) is 0 Å². The number of rotatable bonds is 7. The average Bonchev–Trinajstić information content (AvgIpc) is 2.73. The minimum atomic E-state index is -0.891. The molecule has 2 atom stereocenters. The highest BCUT2D eigenvalue weighted by molar-refractivity contribution is 8.00. The number of hydrogen-bond acceptors (Lipinski definition) is 4. The van der Waals surface area contributed by atoms with Gasteiger partial charge in [0, 0.05) is 19.6 Å². The molecule has 0 spiro atoms. The molecule has 1 rings (SSSR count). The van der Waals surface area contributed by atoms with Crippen LogP contribution in [-0.4, -0.2) is 48.2 Å². The Morgan fingerprint density at radius 2 is 2.18 bits per heavy atom. The molecule has 0 aromatic heterocycles. The summed E-state index contributed by atoms with van der Waals surface area (Å²) in [6, 6.07) is 0. The molecule has 0 radical (unpaired) electrons. The number of methoxy groups -OCH3 is 1. The molecule has 1 aliphatic rings. The number of hydrogen-bond donors (Lipinski definition) is 2. The van der Waals surface area contributed by atoms with Crippen molar-refractivity contribution in [2.24, 2.45) is 5.92 Å². The second-order valence-corrected chi connectivity index (χ2v) is 5.14. The highest BCUT2D eigenvalue weighted by atomic mass is 32.2. The topological polar surface area (TPSA) is 75.6 Å². The second kappa shape index (κ2) is 7.55. The molecule has 0 heterocycles. The van der Waals surface area contributed by atoms with Crippen molar-refractivity contribution in [1.82, 2.24) is 5.32 Å². The highest BCUT2D eigenvalue weighted by Crippen LogP contribution is 2.27. The molecular formula is C11H19NO4S. The van der Waals surface area contributed by atoms with E-state index < -0.39 is 5.97 Å². The quantitative estimate of drug-likeness (QED) is 0.707. The molecule has 5 nitrogen and oxygen atoms in total. The summed E-state index contributed by atoms with van der Waals surface area (Å²) in [4.78, 5) is 21.7. The SMILES string of the molecule is COC1CCCC1CNC(=O)CSCC(=O)O. The zero-order valence-electron chi connectivity index (χ0n) is 9.98.